The molecule has 1 aliphatic heterocycles. The third kappa shape index (κ3) is 3.96. The van der Waals surface area contributed by atoms with Crippen molar-refractivity contribution in [2.45, 2.75) is 25.3 Å². The molecular formula is C16H23IN2O2. The molecule has 5 heteroatoms. The molecule has 0 saturated carbocycles. The maximum Gasteiger partial charge on any atom is 0.251 e. The maximum absolute atomic E-state index is 12.4. The monoisotopic (exact) mass is 402 g/mol. The minimum atomic E-state index is 0.000586. The first-order valence-corrected chi connectivity index (χ1v) is 8.32. The summed E-state index contributed by atoms with van der Waals surface area (Å²) in [6.07, 6.45) is 1.90. The van der Waals surface area contributed by atoms with Gasteiger partial charge in [-0.25, -0.2) is 0 Å². The van der Waals surface area contributed by atoms with Crippen LogP contribution in [0.1, 0.15) is 28.8 Å². The van der Waals surface area contributed by atoms with Gasteiger partial charge in [0.25, 0.3) is 5.91 Å². The number of hydrogen-bond donors (Lipinski definition) is 1. The van der Waals surface area contributed by atoms with E-state index in [9.17, 15) is 4.79 Å². The van der Waals surface area contributed by atoms with Crippen LogP contribution in [0.5, 0.6) is 0 Å². The van der Waals surface area contributed by atoms with Gasteiger partial charge in [0.1, 0.15) is 0 Å². The zero-order valence-corrected chi connectivity index (χ0v) is 15.1. The van der Waals surface area contributed by atoms with Gasteiger partial charge in [0.2, 0.25) is 0 Å². The summed E-state index contributed by atoms with van der Waals surface area (Å²) in [5.41, 5.74) is 1.93. The lowest BCUT2D eigenvalue weighted by molar-refractivity contribution is -0.00658. The van der Waals surface area contributed by atoms with Gasteiger partial charge >= 0.3 is 0 Å². The molecule has 1 fully saturated rings. The Morgan fingerprint density at radius 3 is 2.62 bits per heavy atom. The summed E-state index contributed by atoms with van der Waals surface area (Å²) in [7, 11) is 4.15. The molecule has 1 aromatic rings. The van der Waals surface area contributed by atoms with Crippen molar-refractivity contribution in [2.75, 3.05) is 33.9 Å². The Labute approximate surface area is 140 Å². The summed E-state index contributed by atoms with van der Waals surface area (Å²) in [6, 6.07) is 5.82. The number of carbonyl (C=O) groups excluding carboxylic acids is 1. The molecule has 21 heavy (non-hydrogen) atoms. The number of nitrogens with zero attached hydrogens (tertiary/aromatic N) is 1. The Morgan fingerprint density at radius 1 is 1.38 bits per heavy atom. The van der Waals surface area contributed by atoms with Crippen LogP contribution in [-0.4, -0.2) is 50.2 Å². The molecule has 1 heterocycles. The summed E-state index contributed by atoms with van der Waals surface area (Å²) < 4.78 is 6.57. The number of nitrogens with one attached hydrogen (secondary N) is 1. The molecular weight excluding hydrogens is 379 g/mol. The van der Waals surface area contributed by atoms with Gasteiger partial charge in [0.15, 0.2) is 0 Å². The number of hydrogen-bond acceptors (Lipinski definition) is 3. The number of halogens is 1. The summed E-state index contributed by atoms with van der Waals surface area (Å²) >= 11 is 2.26. The van der Waals surface area contributed by atoms with E-state index in [1.807, 2.05) is 25.1 Å². The topological polar surface area (TPSA) is 41.6 Å². The number of amides is 1. The number of likely N-dealkylation sites (N-methyl/N-ethyl adjacent to an activating group) is 1. The molecule has 1 aliphatic rings. The molecule has 1 N–H and O–H groups in total. The van der Waals surface area contributed by atoms with E-state index in [0.717, 1.165) is 35.2 Å². The van der Waals surface area contributed by atoms with Crippen LogP contribution in [0.2, 0.25) is 0 Å². The number of benzene rings is 1. The van der Waals surface area contributed by atoms with E-state index in [1.54, 1.807) is 0 Å². The van der Waals surface area contributed by atoms with Crippen molar-refractivity contribution in [1.82, 2.24) is 10.2 Å². The van der Waals surface area contributed by atoms with Crippen molar-refractivity contribution in [2.24, 2.45) is 0 Å². The molecule has 0 aromatic heterocycles. The van der Waals surface area contributed by atoms with E-state index in [0.29, 0.717) is 6.54 Å². The highest BCUT2D eigenvalue weighted by Gasteiger charge is 2.35. The number of carbonyl (C=O) groups is 1. The summed E-state index contributed by atoms with van der Waals surface area (Å²) in [4.78, 5) is 14.6. The Hall–Kier alpha value is -0.660. The van der Waals surface area contributed by atoms with Gasteiger partial charge in [-0.2, -0.15) is 0 Å². The normalized spacial score (nSPS) is 17.8. The highest BCUT2D eigenvalue weighted by Crippen LogP contribution is 2.25. The number of aryl methyl sites for hydroxylation is 1. The van der Waals surface area contributed by atoms with Crippen molar-refractivity contribution in [3.8, 4) is 0 Å². The van der Waals surface area contributed by atoms with Gasteiger partial charge in [-0.05, 0) is 74.1 Å². The summed E-state index contributed by atoms with van der Waals surface area (Å²) in [6.45, 7) is 4.23. The second-order valence-corrected chi connectivity index (χ2v) is 7.04. The van der Waals surface area contributed by atoms with E-state index < -0.39 is 0 Å². The standard InChI is InChI=1S/C16H23IN2O2/c1-12-4-5-13(10-14(12)17)15(20)18-11-16(19(2)3)6-8-21-9-7-16/h4-5,10H,6-9,11H2,1-3H3,(H,18,20). The molecule has 0 bridgehead atoms. The first-order valence-electron chi connectivity index (χ1n) is 7.24. The molecule has 0 radical (unpaired) electrons. The van der Waals surface area contributed by atoms with Gasteiger partial charge in [-0.3, -0.25) is 4.79 Å². The lowest BCUT2D eigenvalue weighted by atomic mass is 9.88. The first-order chi connectivity index (χ1) is 9.94. The molecule has 1 saturated heterocycles. The molecule has 1 aromatic carbocycles. The zero-order chi connectivity index (χ0) is 15.5. The third-order valence-corrected chi connectivity index (χ3v) is 5.55. The quantitative estimate of drug-likeness (QED) is 0.787. The molecule has 0 unspecified atom stereocenters. The van der Waals surface area contributed by atoms with Crippen LogP contribution in [0.15, 0.2) is 18.2 Å². The van der Waals surface area contributed by atoms with Crippen LogP contribution in [0, 0.1) is 10.5 Å². The van der Waals surface area contributed by atoms with Gasteiger partial charge in [0.05, 0.1) is 0 Å². The van der Waals surface area contributed by atoms with Crippen molar-refractivity contribution in [3.63, 3.8) is 0 Å². The summed E-state index contributed by atoms with van der Waals surface area (Å²) in [5.74, 6) is 0.000586. The Bertz CT molecular complexity index is 511. The fraction of sp³-hybridized carbons (Fsp3) is 0.562. The average Bonchev–Trinajstić information content (AvgIpc) is 2.48. The first kappa shape index (κ1) is 16.7. The Balaban J connectivity index is 2.03. The molecule has 0 atom stereocenters. The summed E-state index contributed by atoms with van der Waals surface area (Å²) in [5, 5.41) is 3.10. The van der Waals surface area contributed by atoms with Crippen LogP contribution in [-0.2, 0) is 4.74 Å². The largest absolute Gasteiger partial charge is 0.381 e. The zero-order valence-electron chi connectivity index (χ0n) is 12.9. The number of rotatable bonds is 4. The Morgan fingerprint density at radius 2 is 2.05 bits per heavy atom. The van der Waals surface area contributed by atoms with E-state index in [2.05, 4.69) is 46.9 Å². The molecule has 0 aliphatic carbocycles. The van der Waals surface area contributed by atoms with Crippen LogP contribution in [0.25, 0.3) is 0 Å². The molecule has 2 rings (SSSR count). The van der Waals surface area contributed by atoms with Crippen LogP contribution in [0.3, 0.4) is 0 Å². The number of ether oxygens (including phenoxy) is 1. The smallest absolute Gasteiger partial charge is 0.251 e. The van der Waals surface area contributed by atoms with Crippen molar-refractivity contribution < 1.29 is 9.53 Å². The lowest BCUT2D eigenvalue weighted by Crippen LogP contribution is -2.55. The molecule has 4 nitrogen and oxygen atoms in total. The molecule has 1 amide bonds. The van der Waals surface area contributed by atoms with Gasteiger partial charge in [-0.15, -0.1) is 0 Å². The van der Waals surface area contributed by atoms with Crippen molar-refractivity contribution in [1.29, 1.82) is 0 Å². The predicted octanol–water partition coefficient (Wildman–Crippen LogP) is 2.44. The fourth-order valence-corrected chi connectivity index (χ4v) is 3.13. The molecule has 0 spiro atoms. The minimum Gasteiger partial charge on any atom is -0.381 e. The van der Waals surface area contributed by atoms with Gasteiger partial charge in [-0.1, -0.05) is 6.07 Å². The van der Waals surface area contributed by atoms with E-state index in [4.69, 9.17) is 4.74 Å². The minimum absolute atomic E-state index is 0.000586. The maximum atomic E-state index is 12.4. The van der Waals surface area contributed by atoms with Gasteiger partial charge in [0, 0.05) is 34.4 Å². The van der Waals surface area contributed by atoms with Gasteiger partial charge < -0.3 is 15.0 Å². The van der Waals surface area contributed by atoms with Crippen molar-refractivity contribution in [3.05, 3.63) is 32.9 Å². The SMILES string of the molecule is Cc1ccc(C(=O)NCC2(N(C)C)CCOCC2)cc1I. The fourth-order valence-electron chi connectivity index (χ4n) is 2.61. The highest BCUT2D eigenvalue weighted by molar-refractivity contribution is 14.1. The van der Waals surface area contributed by atoms with Crippen LogP contribution in [0.4, 0.5) is 0 Å². The lowest BCUT2D eigenvalue weighted by Gasteiger charge is -2.42. The second kappa shape index (κ2) is 7.07. The highest BCUT2D eigenvalue weighted by atomic mass is 127. The molecule has 116 valence electrons. The van der Waals surface area contributed by atoms with Crippen molar-refractivity contribution >= 4 is 28.5 Å². The average molecular weight is 402 g/mol. The third-order valence-electron chi connectivity index (χ3n) is 4.38. The predicted molar refractivity (Wildman–Crippen MR) is 92.7 cm³/mol. The van der Waals surface area contributed by atoms with E-state index in [1.165, 1.54) is 5.56 Å². The Kier molecular flexibility index (Phi) is 5.62. The second-order valence-electron chi connectivity index (χ2n) is 5.88. The van der Waals surface area contributed by atoms with Crippen LogP contribution >= 0.6 is 22.6 Å². The van der Waals surface area contributed by atoms with E-state index in [-0.39, 0.29) is 11.4 Å². The van der Waals surface area contributed by atoms with E-state index >= 15 is 0 Å². The van der Waals surface area contributed by atoms with Crippen LogP contribution < -0.4 is 5.32 Å².